The van der Waals surface area contributed by atoms with E-state index in [-0.39, 0.29) is 12.5 Å². The van der Waals surface area contributed by atoms with Crippen molar-refractivity contribution in [2.45, 2.75) is 32.2 Å². The van der Waals surface area contributed by atoms with Crippen molar-refractivity contribution in [3.8, 4) is 0 Å². The number of carboxylic acid groups (broad SMARTS) is 1. The first-order chi connectivity index (χ1) is 10.1. The van der Waals surface area contributed by atoms with Gasteiger partial charge in [-0.25, -0.2) is 0 Å². The highest BCUT2D eigenvalue weighted by Crippen LogP contribution is 2.19. The number of aliphatic carboxylic acids is 1. The van der Waals surface area contributed by atoms with E-state index in [9.17, 15) is 14.7 Å². The lowest BCUT2D eigenvalue weighted by Gasteiger charge is -2.33. The Hall–Kier alpha value is -1.88. The Morgan fingerprint density at radius 1 is 1.29 bits per heavy atom. The van der Waals surface area contributed by atoms with Crippen molar-refractivity contribution in [1.82, 2.24) is 4.90 Å². The number of carbonyl (C=O) groups excluding carboxylic acids is 1. The van der Waals surface area contributed by atoms with E-state index in [2.05, 4.69) is 0 Å². The molecule has 0 bridgehead atoms. The summed E-state index contributed by atoms with van der Waals surface area (Å²) in [5.41, 5.74) is 0.855. The van der Waals surface area contributed by atoms with Gasteiger partial charge in [0.05, 0.1) is 6.54 Å². The van der Waals surface area contributed by atoms with Crippen LogP contribution in [0.1, 0.15) is 26.2 Å². The average Bonchev–Trinajstić information content (AvgIpc) is 2.49. The van der Waals surface area contributed by atoms with Crippen molar-refractivity contribution in [3.63, 3.8) is 0 Å². The monoisotopic (exact) mass is 290 g/mol. The summed E-state index contributed by atoms with van der Waals surface area (Å²) in [6.07, 6.45) is 2.49. The number of carboxylic acids is 1. The van der Waals surface area contributed by atoms with Crippen LogP contribution in [0.2, 0.25) is 0 Å². The summed E-state index contributed by atoms with van der Waals surface area (Å²) in [6, 6.07) is 8.96. The maximum atomic E-state index is 12.5. The number of piperidine rings is 1. The number of likely N-dealkylation sites (tertiary alicyclic amines) is 1. The minimum absolute atomic E-state index is 0.0446. The molecule has 0 unspecified atom stereocenters. The number of para-hydroxylation sites is 1. The van der Waals surface area contributed by atoms with Crippen LogP contribution in [-0.2, 0) is 9.59 Å². The van der Waals surface area contributed by atoms with Crippen molar-refractivity contribution < 1.29 is 14.7 Å². The van der Waals surface area contributed by atoms with Gasteiger partial charge in [-0.2, -0.15) is 0 Å². The lowest BCUT2D eigenvalue weighted by atomic mass is 10.0. The molecule has 1 atom stereocenters. The minimum Gasteiger partial charge on any atom is -0.480 e. The number of rotatable bonds is 5. The van der Waals surface area contributed by atoms with Gasteiger partial charge in [0.1, 0.15) is 6.04 Å². The lowest BCUT2D eigenvalue weighted by molar-refractivity contribution is -0.145. The fraction of sp³-hybridized carbons (Fsp3) is 0.500. The van der Waals surface area contributed by atoms with Gasteiger partial charge in [0.15, 0.2) is 0 Å². The van der Waals surface area contributed by atoms with Gasteiger partial charge in [0.2, 0.25) is 5.91 Å². The number of carbonyl (C=O) groups is 2. The Morgan fingerprint density at radius 3 is 2.62 bits per heavy atom. The smallest absolute Gasteiger partial charge is 0.320 e. The van der Waals surface area contributed by atoms with Gasteiger partial charge in [-0.15, -0.1) is 0 Å². The summed E-state index contributed by atoms with van der Waals surface area (Å²) in [5, 5.41) is 9.27. The van der Waals surface area contributed by atoms with E-state index in [0.29, 0.717) is 19.5 Å². The standard InChI is InChI=1S/C16H22N2O3/c1-2-18(13-8-4-3-5-9-13)15(19)12-17-11-7-6-10-14(17)16(20)21/h3-5,8-9,14H,2,6-7,10-12H2,1H3,(H,20,21)/t14-/m1/s1. The molecule has 1 saturated heterocycles. The van der Waals surface area contributed by atoms with Crippen molar-refractivity contribution in [1.29, 1.82) is 0 Å². The molecule has 1 amide bonds. The van der Waals surface area contributed by atoms with E-state index in [0.717, 1.165) is 18.5 Å². The van der Waals surface area contributed by atoms with Gasteiger partial charge in [0, 0.05) is 12.2 Å². The molecule has 0 aromatic heterocycles. The Kier molecular flexibility index (Phi) is 5.33. The molecule has 1 aliphatic heterocycles. The van der Waals surface area contributed by atoms with Gasteiger partial charge < -0.3 is 10.0 Å². The zero-order valence-corrected chi connectivity index (χ0v) is 12.4. The van der Waals surface area contributed by atoms with Crippen LogP contribution < -0.4 is 4.90 Å². The van der Waals surface area contributed by atoms with Crippen LogP contribution in [0, 0.1) is 0 Å². The molecule has 0 aliphatic carbocycles. The van der Waals surface area contributed by atoms with Crippen LogP contribution in [0.25, 0.3) is 0 Å². The third-order valence-corrected chi connectivity index (χ3v) is 3.92. The predicted molar refractivity (Wildman–Crippen MR) is 81.3 cm³/mol. The van der Waals surface area contributed by atoms with Crippen molar-refractivity contribution in [3.05, 3.63) is 30.3 Å². The quantitative estimate of drug-likeness (QED) is 0.900. The average molecular weight is 290 g/mol. The number of hydrogen-bond acceptors (Lipinski definition) is 3. The topological polar surface area (TPSA) is 60.9 Å². The molecule has 1 aliphatic rings. The van der Waals surface area contributed by atoms with Gasteiger partial charge in [-0.05, 0) is 38.4 Å². The highest BCUT2D eigenvalue weighted by atomic mass is 16.4. The first-order valence-corrected chi connectivity index (χ1v) is 7.45. The van der Waals surface area contributed by atoms with Crippen LogP contribution in [0.5, 0.6) is 0 Å². The van der Waals surface area contributed by atoms with Crippen molar-refractivity contribution in [2.75, 3.05) is 24.5 Å². The third kappa shape index (κ3) is 3.82. The summed E-state index contributed by atoms with van der Waals surface area (Å²) >= 11 is 0. The molecule has 1 fully saturated rings. The van der Waals surface area contributed by atoms with Gasteiger partial charge in [-0.3, -0.25) is 14.5 Å². The maximum absolute atomic E-state index is 12.5. The number of anilines is 1. The third-order valence-electron chi connectivity index (χ3n) is 3.92. The molecule has 5 heteroatoms. The molecule has 1 N–H and O–H groups in total. The van der Waals surface area contributed by atoms with Gasteiger partial charge in [-0.1, -0.05) is 24.6 Å². The number of amides is 1. The second-order valence-corrected chi connectivity index (χ2v) is 5.29. The summed E-state index contributed by atoms with van der Waals surface area (Å²) in [4.78, 5) is 27.3. The minimum atomic E-state index is -0.828. The Morgan fingerprint density at radius 2 is 2.00 bits per heavy atom. The summed E-state index contributed by atoms with van der Waals surface area (Å²) in [6.45, 7) is 3.35. The lowest BCUT2D eigenvalue weighted by Crippen LogP contribution is -2.50. The van der Waals surface area contributed by atoms with Crippen LogP contribution >= 0.6 is 0 Å². The molecule has 1 heterocycles. The molecule has 5 nitrogen and oxygen atoms in total. The molecule has 114 valence electrons. The molecular weight excluding hydrogens is 268 g/mol. The maximum Gasteiger partial charge on any atom is 0.320 e. The number of benzene rings is 1. The second-order valence-electron chi connectivity index (χ2n) is 5.29. The van der Waals surface area contributed by atoms with Crippen LogP contribution in [-0.4, -0.2) is 47.6 Å². The van der Waals surface area contributed by atoms with E-state index in [1.165, 1.54) is 0 Å². The highest BCUT2D eigenvalue weighted by Gasteiger charge is 2.30. The highest BCUT2D eigenvalue weighted by molar-refractivity contribution is 5.95. The van der Waals surface area contributed by atoms with Gasteiger partial charge in [0.25, 0.3) is 0 Å². The van der Waals surface area contributed by atoms with Crippen LogP contribution in [0.4, 0.5) is 5.69 Å². The Bertz CT molecular complexity index is 490. The zero-order chi connectivity index (χ0) is 15.2. The summed E-state index contributed by atoms with van der Waals surface area (Å²) < 4.78 is 0. The molecule has 0 saturated carbocycles. The first kappa shape index (κ1) is 15.5. The SMILES string of the molecule is CCN(C(=O)CN1CCCC[C@@H]1C(=O)O)c1ccccc1. The van der Waals surface area contributed by atoms with E-state index in [4.69, 9.17) is 0 Å². The molecule has 0 radical (unpaired) electrons. The fourth-order valence-corrected chi connectivity index (χ4v) is 2.83. The van der Waals surface area contributed by atoms with Crippen molar-refractivity contribution in [2.24, 2.45) is 0 Å². The Balaban J connectivity index is 2.06. The van der Waals surface area contributed by atoms with Crippen LogP contribution in [0.3, 0.4) is 0 Å². The zero-order valence-electron chi connectivity index (χ0n) is 12.4. The first-order valence-electron chi connectivity index (χ1n) is 7.45. The van der Waals surface area contributed by atoms with Gasteiger partial charge >= 0.3 is 5.97 Å². The number of nitrogens with zero attached hydrogens (tertiary/aromatic N) is 2. The molecule has 2 rings (SSSR count). The summed E-state index contributed by atoms with van der Waals surface area (Å²) in [7, 11) is 0. The predicted octanol–water partition coefficient (Wildman–Crippen LogP) is 1.98. The second kappa shape index (κ2) is 7.22. The van der Waals surface area contributed by atoms with E-state index >= 15 is 0 Å². The molecule has 0 spiro atoms. The molecule has 1 aromatic carbocycles. The normalized spacial score (nSPS) is 19.2. The van der Waals surface area contributed by atoms with Crippen LogP contribution in [0.15, 0.2) is 30.3 Å². The largest absolute Gasteiger partial charge is 0.480 e. The Labute approximate surface area is 125 Å². The van der Waals surface area contributed by atoms with E-state index in [1.807, 2.05) is 37.3 Å². The molecular formula is C16H22N2O3. The summed E-state index contributed by atoms with van der Waals surface area (Å²) in [5.74, 6) is -0.873. The molecule has 21 heavy (non-hydrogen) atoms. The number of likely N-dealkylation sites (N-methyl/N-ethyl adjacent to an activating group) is 1. The van der Waals surface area contributed by atoms with E-state index in [1.54, 1.807) is 9.80 Å². The molecule has 1 aromatic rings. The number of hydrogen-bond donors (Lipinski definition) is 1. The van der Waals surface area contributed by atoms with Crippen molar-refractivity contribution >= 4 is 17.6 Å². The fourth-order valence-electron chi connectivity index (χ4n) is 2.83. The van der Waals surface area contributed by atoms with E-state index < -0.39 is 12.0 Å².